The van der Waals surface area contributed by atoms with Crippen LogP contribution in [-0.2, 0) is 10.0 Å². The molecule has 2 atom stereocenters. The topological polar surface area (TPSA) is 85.9 Å². The van der Waals surface area contributed by atoms with Crippen LogP contribution < -0.4 is 24.2 Å². The van der Waals surface area contributed by atoms with E-state index >= 15 is 0 Å². The van der Waals surface area contributed by atoms with E-state index in [1.807, 2.05) is 6.92 Å². The molecule has 0 saturated carbocycles. The monoisotopic (exact) mass is 344 g/mol. The van der Waals surface area contributed by atoms with Gasteiger partial charge in [0.05, 0.1) is 21.3 Å². The predicted octanol–water partition coefficient (Wildman–Crippen LogP) is 1.13. The van der Waals surface area contributed by atoms with Gasteiger partial charge in [-0.2, -0.15) is 0 Å². The summed E-state index contributed by atoms with van der Waals surface area (Å²) in [5.41, 5.74) is 0. The lowest BCUT2D eigenvalue weighted by Gasteiger charge is -2.28. The van der Waals surface area contributed by atoms with Crippen molar-refractivity contribution >= 4 is 10.0 Å². The molecule has 2 rings (SSSR count). The highest BCUT2D eigenvalue weighted by atomic mass is 32.2. The van der Waals surface area contributed by atoms with E-state index in [4.69, 9.17) is 14.2 Å². The van der Waals surface area contributed by atoms with Gasteiger partial charge in [0.15, 0.2) is 4.90 Å². The quantitative estimate of drug-likeness (QED) is 0.805. The number of ether oxygens (including phenoxy) is 3. The van der Waals surface area contributed by atoms with Gasteiger partial charge in [0.2, 0.25) is 10.0 Å². The second-order valence-electron chi connectivity index (χ2n) is 5.56. The standard InChI is InChI=1S/C15H24N2O5S/c1-10-7-11(5-6-16-10)17-23(18,19)15-13(21-3)8-12(20-2)9-14(15)22-4/h8-11,16-17H,5-7H2,1-4H3/t10-,11-/m1/s1. The van der Waals surface area contributed by atoms with Gasteiger partial charge in [0.1, 0.15) is 17.2 Å². The van der Waals surface area contributed by atoms with Crippen LogP contribution in [0.15, 0.2) is 17.0 Å². The van der Waals surface area contributed by atoms with Crippen molar-refractivity contribution < 1.29 is 22.6 Å². The molecule has 1 aliphatic heterocycles. The van der Waals surface area contributed by atoms with Crippen molar-refractivity contribution in [3.05, 3.63) is 12.1 Å². The summed E-state index contributed by atoms with van der Waals surface area (Å²) in [5, 5.41) is 3.30. The molecule has 0 amide bonds. The van der Waals surface area contributed by atoms with Crippen molar-refractivity contribution in [1.29, 1.82) is 0 Å². The molecule has 2 N–H and O–H groups in total. The van der Waals surface area contributed by atoms with Crippen LogP contribution in [0.4, 0.5) is 0 Å². The van der Waals surface area contributed by atoms with Gasteiger partial charge in [-0.3, -0.25) is 0 Å². The highest BCUT2D eigenvalue weighted by Gasteiger charge is 2.30. The molecule has 0 spiro atoms. The number of piperidine rings is 1. The Kier molecular flexibility index (Phi) is 5.72. The first kappa shape index (κ1) is 17.8. The van der Waals surface area contributed by atoms with Gasteiger partial charge in [0.25, 0.3) is 0 Å². The van der Waals surface area contributed by atoms with Crippen molar-refractivity contribution in [3.63, 3.8) is 0 Å². The van der Waals surface area contributed by atoms with Crippen molar-refractivity contribution in [1.82, 2.24) is 10.0 Å². The van der Waals surface area contributed by atoms with E-state index in [0.717, 1.165) is 19.4 Å². The molecule has 7 nitrogen and oxygen atoms in total. The van der Waals surface area contributed by atoms with Crippen LogP contribution >= 0.6 is 0 Å². The Morgan fingerprint density at radius 3 is 2.22 bits per heavy atom. The van der Waals surface area contributed by atoms with Crippen molar-refractivity contribution in [2.24, 2.45) is 0 Å². The molecule has 23 heavy (non-hydrogen) atoms. The summed E-state index contributed by atoms with van der Waals surface area (Å²) in [5.74, 6) is 0.847. The third-order valence-electron chi connectivity index (χ3n) is 3.88. The van der Waals surface area contributed by atoms with Gasteiger partial charge >= 0.3 is 0 Å². The summed E-state index contributed by atoms with van der Waals surface area (Å²) in [7, 11) is 0.553. The first-order valence-electron chi connectivity index (χ1n) is 7.47. The second kappa shape index (κ2) is 7.37. The summed E-state index contributed by atoms with van der Waals surface area (Å²) < 4.78 is 44.0. The first-order valence-corrected chi connectivity index (χ1v) is 8.95. The third kappa shape index (κ3) is 4.07. The average molecular weight is 344 g/mol. The van der Waals surface area contributed by atoms with E-state index < -0.39 is 10.0 Å². The van der Waals surface area contributed by atoms with Crippen molar-refractivity contribution in [3.8, 4) is 17.2 Å². The molecule has 1 aromatic rings. The molecular formula is C15H24N2O5S. The van der Waals surface area contributed by atoms with E-state index in [-0.39, 0.29) is 28.5 Å². The Hall–Kier alpha value is -1.51. The summed E-state index contributed by atoms with van der Waals surface area (Å²) in [4.78, 5) is -0.00511. The number of rotatable bonds is 6. The zero-order valence-corrected chi connectivity index (χ0v) is 14.7. The SMILES string of the molecule is COc1cc(OC)c(S(=O)(=O)N[C@@H]2CCN[C@H](C)C2)c(OC)c1. The maximum absolute atomic E-state index is 12.8. The number of nitrogens with one attached hydrogen (secondary N) is 2. The van der Waals surface area contributed by atoms with Crippen molar-refractivity contribution in [2.45, 2.75) is 36.7 Å². The van der Waals surface area contributed by atoms with Gasteiger partial charge < -0.3 is 19.5 Å². The van der Waals surface area contributed by atoms with Gasteiger partial charge in [0, 0.05) is 24.2 Å². The van der Waals surface area contributed by atoms with E-state index in [1.54, 1.807) is 0 Å². The van der Waals surface area contributed by atoms with E-state index in [0.29, 0.717) is 5.75 Å². The Morgan fingerprint density at radius 2 is 1.74 bits per heavy atom. The van der Waals surface area contributed by atoms with Gasteiger partial charge in [-0.25, -0.2) is 13.1 Å². The average Bonchev–Trinajstić information content (AvgIpc) is 2.52. The van der Waals surface area contributed by atoms with Gasteiger partial charge in [-0.05, 0) is 26.3 Å². The van der Waals surface area contributed by atoms with Gasteiger partial charge in [-0.1, -0.05) is 0 Å². The lowest BCUT2D eigenvalue weighted by molar-refractivity contribution is 0.351. The van der Waals surface area contributed by atoms with E-state index in [2.05, 4.69) is 10.0 Å². The Labute approximate surface area is 137 Å². The second-order valence-corrected chi connectivity index (χ2v) is 7.21. The highest BCUT2D eigenvalue weighted by molar-refractivity contribution is 7.89. The number of benzene rings is 1. The maximum Gasteiger partial charge on any atom is 0.248 e. The Morgan fingerprint density at radius 1 is 1.13 bits per heavy atom. The predicted molar refractivity (Wildman–Crippen MR) is 86.9 cm³/mol. The summed E-state index contributed by atoms with van der Waals surface area (Å²) in [6.07, 6.45) is 1.48. The Bertz CT molecular complexity index is 622. The molecule has 8 heteroatoms. The third-order valence-corrected chi connectivity index (χ3v) is 5.47. The zero-order valence-electron chi connectivity index (χ0n) is 13.9. The molecule has 1 saturated heterocycles. The summed E-state index contributed by atoms with van der Waals surface area (Å²) >= 11 is 0. The van der Waals surface area contributed by atoms with Crippen LogP contribution in [0.5, 0.6) is 17.2 Å². The molecule has 1 fully saturated rings. The molecule has 0 radical (unpaired) electrons. The number of methoxy groups -OCH3 is 3. The number of hydrogen-bond donors (Lipinski definition) is 2. The minimum Gasteiger partial charge on any atom is -0.496 e. The van der Waals surface area contributed by atoms with E-state index in [1.165, 1.54) is 33.5 Å². The molecule has 0 aromatic heterocycles. The summed E-state index contributed by atoms with van der Waals surface area (Å²) in [6.45, 7) is 2.82. The molecule has 0 bridgehead atoms. The molecule has 0 unspecified atom stereocenters. The number of sulfonamides is 1. The fraction of sp³-hybridized carbons (Fsp3) is 0.600. The fourth-order valence-corrected chi connectivity index (χ4v) is 4.34. The van der Waals surface area contributed by atoms with Crippen LogP contribution in [0.25, 0.3) is 0 Å². The molecule has 1 aliphatic rings. The minimum atomic E-state index is -3.78. The highest BCUT2D eigenvalue weighted by Crippen LogP contribution is 2.37. The zero-order chi connectivity index (χ0) is 17.0. The maximum atomic E-state index is 12.8. The minimum absolute atomic E-state index is 0.00511. The molecule has 1 aromatic carbocycles. The Balaban J connectivity index is 2.38. The molecular weight excluding hydrogens is 320 g/mol. The smallest absolute Gasteiger partial charge is 0.248 e. The van der Waals surface area contributed by atoms with Crippen molar-refractivity contribution in [2.75, 3.05) is 27.9 Å². The molecule has 1 heterocycles. The summed E-state index contributed by atoms with van der Waals surface area (Å²) in [6, 6.07) is 3.22. The molecule has 130 valence electrons. The van der Waals surface area contributed by atoms with Gasteiger partial charge in [-0.15, -0.1) is 0 Å². The largest absolute Gasteiger partial charge is 0.496 e. The van der Waals surface area contributed by atoms with Crippen LogP contribution in [0.3, 0.4) is 0 Å². The van der Waals surface area contributed by atoms with Crippen LogP contribution in [0.2, 0.25) is 0 Å². The van der Waals surface area contributed by atoms with Crippen LogP contribution in [-0.4, -0.2) is 48.4 Å². The number of hydrogen-bond acceptors (Lipinski definition) is 6. The lowest BCUT2D eigenvalue weighted by Crippen LogP contribution is -2.46. The van der Waals surface area contributed by atoms with Crippen LogP contribution in [0.1, 0.15) is 19.8 Å². The van der Waals surface area contributed by atoms with Crippen LogP contribution in [0, 0.1) is 0 Å². The fourth-order valence-electron chi connectivity index (χ4n) is 2.76. The normalized spacial score (nSPS) is 21.7. The lowest BCUT2D eigenvalue weighted by atomic mass is 10.0. The molecule has 0 aliphatic carbocycles. The first-order chi connectivity index (χ1) is 10.9. The van der Waals surface area contributed by atoms with E-state index in [9.17, 15) is 8.42 Å².